The van der Waals surface area contributed by atoms with Gasteiger partial charge in [0.1, 0.15) is 0 Å². The highest BCUT2D eigenvalue weighted by Crippen LogP contribution is 2.57. The van der Waals surface area contributed by atoms with E-state index in [1.165, 1.54) is 14.2 Å². The second-order valence-electron chi connectivity index (χ2n) is 5.88. The van der Waals surface area contributed by atoms with Gasteiger partial charge in [0.15, 0.2) is 5.43 Å². The van der Waals surface area contributed by atoms with E-state index in [9.17, 15) is 14.4 Å². The summed E-state index contributed by atoms with van der Waals surface area (Å²) in [5.41, 5.74) is -3.70. The van der Waals surface area contributed by atoms with Gasteiger partial charge in [-0.15, -0.1) is 0 Å². The van der Waals surface area contributed by atoms with E-state index in [0.717, 1.165) is 14.2 Å². The minimum Gasteiger partial charge on any atom is -0.467 e. The lowest BCUT2D eigenvalue weighted by atomic mass is 9.61. The average Bonchev–Trinajstić information content (AvgIpc) is 2.66. The second kappa shape index (κ2) is 5.93. The zero-order valence-electron chi connectivity index (χ0n) is 15.1. The predicted octanol–water partition coefficient (Wildman–Crippen LogP) is 0.581. The number of ether oxygens (including phenoxy) is 4. The van der Waals surface area contributed by atoms with Crippen LogP contribution in [0.25, 0.3) is 10.9 Å². The predicted molar refractivity (Wildman–Crippen MR) is 90.6 cm³/mol. The molecule has 0 saturated heterocycles. The number of rotatable bonds is 4. The minimum absolute atomic E-state index is 0.000278. The van der Waals surface area contributed by atoms with Gasteiger partial charge in [-0.25, -0.2) is 9.59 Å². The maximum atomic E-state index is 13.2. The van der Waals surface area contributed by atoms with Crippen molar-refractivity contribution in [3.8, 4) is 0 Å². The van der Waals surface area contributed by atoms with Crippen LogP contribution in [0.3, 0.4) is 0 Å². The van der Waals surface area contributed by atoms with Crippen molar-refractivity contribution in [1.82, 2.24) is 4.57 Å². The van der Waals surface area contributed by atoms with E-state index in [-0.39, 0.29) is 11.3 Å². The topological polar surface area (TPSA) is 93.1 Å². The molecule has 0 N–H and O–H groups in total. The van der Waals surface area contributed by atoms with Gasteiger partial charge in [0.2, 0.25) is 11.2 Å². The van der Waals surface area contributed by atoms with Gasteiger partial charge in [-0.05, 0) is 12.1 Å². The van der Waals surface area contributed by atoms with Crippen LogP contribution in [0.15, 0.2) is 29.1 Å². The van der Waals surface area contributed by atoms with E-state index in [1.54, 1.807) is 35.9 Å². The summed E-state index contributed by atoms with van der Waals surface area (Å²) in [6.07, 6.45) is 0. The Morgan fingerprint density at radius 1 is 0.923 bits per heavy atom. The third-order valence-electron chi connectivity index (χ3n) is 5.05. The number of esters is 2. The minimum atomic E-state index is -2.07. The smallest absolute Gasteiger partial charge is 0.348 e. The maximum absolute atomic E-state index is 13.2. The van der Waals surface area contributed by atoms with Gasteiger partial charge in [0.25, 0.3) is 0 Å². The highest BCUT2D eigenvalue weighted by Gasteiger charge is 2.78. The van der Waals surface area contributed by atoms with Crippen LogP contribution in [0, 0.1) is 0 Å². The number of nitrogens with zero attached hydrogens (tertiary/aromatic N) is 1. The van der Waals surface area contributed by atoms with E-state index in [0.29, 0.717) is 10.9 Å². The zero-order valence-corrected chi connectivity index (χ0v) is 15.1. The number of pyridine rings is 1. The molecule has 0 fully saturated rings. The molecule has 138 valence electrons. The van der Waals surface area contributed by atoms with Crippen molar-refractivity contribution in [3.63, 3.8) is 0 Å². The van der Waals surface area contributed by atoms with Crippen molar-refractivity contribution in [3.05, 3.63) is 45.7 Å². The van der Waals surface area contributed by atoms with E-state index in [2.05, 4.69) is 0 Å². The summed E-state index contributed by atoms with van der Waals surface area (Å²) in [6, 6.07) is 6.86. The molecule has 0 saturated carbocycles. The number of carbonyl (C=O) groups is 2. The Morgan fingerprint density at radius 2 is 1.46 bits per heavy atom. The van der Waals surface area contributed by atoms with Crippen LogP contribution < -0.4 is 5.43 Å². The molecule has 0 bridgehead atoms. The van der Waals surface area contributed by atoms with Gasteiger partial charge in [-0.1, -0.05) is 12.1 Å². The summed E-state index contributed by atoms with van der Waals surface area (Å²) >= 11 is 0. The van der Waals surface area contributed by atoms with Crippen molar-refractivity contribution >= 4 is 22.8 Å². The number of benzene rings is 1. The number of aromatic nitrogens is 1. The lowest BCUT2D eigenvalue weighted by Crippen LogP contribution is -2.72. The summed E-state index contributed by atoms with van der Waals surface area (Å²) in [5.74, 6) is -1.79. The molecular formula is C18H19NO7. The van der Waals surface area contributed by atoms with Gasteiger partial charge < -0.3 is 23.5 Å². The average molecular weight is 361 g/mol. The molecule has 0 amide bonds. The van der Waals surface area contributed by atoms with Crippen LogP contribution in [0.5, 0.6) is 0 Å². The van der Waals surface area contributed by atoms with Gasteiger partial charge >= 0.3 is 11.9 Å². The van der Waals surface area contributed by atoms with Crippen molar-refractivity contribution in [2.75, 3.05) is 28.4 Å². The summed E-state index contributed by atoms with van der Waals surface area (Å²) in [4.78, 5) is 38.6. The van der Waals surface area contributed by atoms with Gasteiger partial charge in [-0.3, -0.25) is 4.79 Å². The highest BCUT2D eigenvalue weighted by atomic mass is 16.6. The molecule has 0 aliphatic heterocycles. The van der Waals surface area contributed by atoms with Crippen LogP contribution in [-0.4, -0.2) is 44.9 Å². The van der Waals surface area contributed by atoms with Crippen molar-refractivity contribution < 1.29 is 28.5 Å². The van der Waals surface area contributed by atoms with Crippen LogP contribution in [0.1, 0.15) is 11.3 Å². The second-order valence-corrected chi connectivity index (χ2v) is 5.88. The number of para-hydroxylation sites is 1. The Labute approximate surface area is 149 Å². The SMILES string of the molecule is COC(=O)[C@@]1(OC)c2c(n(C)c3ccccc3c2=O)[C@@]1(OC)C(=O)OC. The van der Waals surface area contributed by atoms with Gasteiger partial charge in [0, 0.05) is 26.7 Å². The van der Waals surface area contributed by atoms with Crippen molar-refractivity contribution in [1.29, 1.82) is 0 Å². The van der Waals surface area contributed by atoms with Crippen molar-refractivity contribution in [2.24, 2.45) is 7.05 Å². The monoisotopic (exact) mass is 361 g/mol. The van der Waals surface area contributed by atoms with Gasteiger partial charge in [-0.2, -0.15) is 0 Å². The first-order valence-corrected chi connectivity index (χ1v) is 7.78. The van der Waals surface area contributed by atoms with E-state index >= 15 is 0 Å². The number of fused-ring (bicyclic) bond motifs is 2. The van der Waals surface area contributed by atoms with Crippen LogP contribution in [-0.2, 0) is 46.8 Å². The van der Waals surface area contributed by atoms with E-state index in [4.69, 9.17) is 18.9 Å². The normalized spacial score (nSPS) is 23.9. The zero-order chi connectivity index (χ0) is 19.3. The Kier molecular flexibility index (Phi) is 4.12. The lowest BCUT2D eigenvalue weighted by Gasteiger charge is -2.53. The number of methoxy groups -OCH3 is 4. The van der Waals surface area contributed by atoms with Crippen LogP contribution in [0.2, 0.25) is 0 Å². The number of hydrogen-bond donors (Lipinski definition) is 0. The number of carbonyl (C=O) groups excluding carboxylic acids is 2. The maximum Gasteiger partial charge on any atom is 0.348 e. The number of aryl methyl sites for hydroxylation is 1. The molecule has 0 unspecified atom stereocenters. The summed E-state index contributed by atoms with van der Waals surface area (Å²) in [6.45, 7) is 0. The summed E-state index contributed by atoms with van der Waals surface area (Å²) in [5, 5.41) is 0.383. The third-order valence-corrected chi connectivity index (χ3v) is 5.05. The molecule has 2 atom stereocenters. The first-order valence-electron chi connectivity index (χ1n) is 7.78. The van der Waals surface area contributed by atoms with Crippen LogP contribution >= 0.6 is 0 Å². The van der Waals surface area contributed by atoms with Gasteiger partial charge in [0.05, 0.1) is 31.0 Å². The standard InChI is InChI=1S/C18H19NO7/c1-19-11-9-7-6-8-10(11)13(20)12-14(19)18(26-5,16(22)24-3)17(12,25-4)15(21)23-2/h6-9H,1-5H3/t17-,18+/m0/s1. The largest absolute Gasteiger partial charge is 0.467 e. The first kappa shape index (κ1) is 18.1. The molecule has 2 aromatic rings. The molecule has 1 aliphatic carbocycles. The molecule has 1 aromatic heterocycles. The number of hydrogen-bond acceptors (Lipinski definition) is 7. The highest BCUT2D eigenvalue weighted by molar-refractivity contribution is 6.01. The molecule has 8 heteroatoms. The Balaban J connectivity index is 2.57. The van der Waals surface area contributed by atoms with Crippen LogP contribution in [0.4, 0.5) is 0 Å². The van der Waals surface area contributed by atoms with E-state index < -0.39 is 28.6 Å². The fraction of sp³-hybridized carbons (Fsp3) is 0.389. The molecule has 26 heavy (non-hydrogen) atoms. The lowest BCUT2D eigenvalue weighted by molar-refractivity contribution is -0.247. The molecular weight excluding hydrogens is 342 g/mol. The van der Waals surface area contributed by atoms with Crippen molar-refractivity contribution in [2.45, 2.75) is 11.2 Å². The molecule has 0 spiro atoms. The summed E-state index contributed by atoms with van der Waals surface area (Å²) < 4.78 is 22.4. The molecule has 1 heterocycles. The fourth-order valence-corrected chi connectivity index (χ4v) is 3.93. The molecule has 3 rings (SSSR count). The molecule has 1 aromatic carbocycles. The molecule has 0 radical (unpaired) electrons. The summed E-state index contributed by atoms with van der Waals surface area (Å²) in [7, 11) is 6.44. The quantitative estimate of drug-likeness (QED) is 0.736. The first-order chi connectivity index (χ1) is 12.4. The fourth-order valence-electron chi connectivity index (χ4n) is 3.93. The molecule has 1 aliphatic rings. The Hall–Kier alpha value is -2.71. The van der Waals surface area contributed by atoms with E-state index in [1.807, 2.05) is 0 Å². The Morgan fingerprint density at radius 3 is 2.00 bits per heavy atom. The Bertz CT molecular complexity index is 979. The third kappa shape index (κ3) is 1.72. The molecule has 8 nitrogen and oxygen atoms in total.